The fourth-order valence-electron chi connectivity index (χ4n) is 3.34. The predicted molar refractivity (Wildman–Crippen MR) is 94.8 cm³/mol. The van der Waals surface area contributed by atoms with Crippen LogP contribution in [0.1, 0.15) is 24.8 Å². The van der Waals surface area contributed by atoms with Crippen molar-refractivity contribution in [1.82, 2.24) is 9.80 Å². The van der Waals surface area contributed by atoms with Gasteiger partial charge in [0, 0.05) is 37.1 Å². The van der Waals surface area contributed by atoms with Crippen molar-refractivity contribution in [3.63, 3.8) is 0 Å². The largest absolute Gasteiger partial charge is 0.339 e. The van der Waals surface area contributed by atoms with Gasteiger partial charge in [-0.25, -0.2) is 0 Å². The van der Waals surface area contributed by atoms with Crippen LogP contribution in [0.5, 0.6) is 0 Å². The van der Waals surface area contributed by atoms with Crippen molar-refractivity contribution in [3.8, 4) is 0 Å². The fraction of sp³-hybridized carbons (Fsp3) is 0.474. The molecule has 0 radical (unpaired) electrons. The van der Waals surface area contributed by atoms with Gasteiger partial charge in [0.15, 0.2) is 0 Å². The molecule has 1 saturated heterocycles. The number of piperazine rings is 1. The maximum absolute atomic E-state index is 12.5. The molecule has 0 unspecified atom stereocenters. The van der Waals surface area contributed by atoms with Crippen LogP contribution in [0.4, 0.5) is 0 Å². The Morgan fingerprint density at radius 2 is 1.67 bits per heavy atom. The fourth-order valence-corrected chi connectivity index (χ4v) is 3.47. The van der Waals surface area contributed by atoms with Gasteiger partial charge in [0.05, 0.1) is 6.42 Å². The van der Waals surface area contributed by atoms with Crippen LogP contribution in [0.3, 0.4) is 0 Å². The van der Waals surface area contributed by atoms with Crippen molar-refractivity contribution in [2.24, 2.45) is 5.92 Å². The maximum Gasteiger partial charge on any atom is 0.227 e. The molecule has 0 spiro atoms. The first-order chi connectivity index (χ1) is 11.6. The molecule has 1 aromatic rings. The second kappa shape index (κ2) is 7.84. The number of carbonyl (C=O) groups is 2. The molecule has 1 fully saturated rings. The minimum Gasteiger partial charge on any atom is -0.339 e. The first-order valence-corrected chi connectivity index (χ1v) is 8.97. The molecule has 24 heavy (non-hydrogen) atoms. The van der Waals surface area contributed by atoms with Crippen molar-refractivity contribution in [2.45, 2.75) is 25.7 Å². The van der Waals surface area contributed by atoms with Gasteiger partial charge in [-0.15, -0.1) is 0 Å². The number of rotatable bonds is 3. The number of benzene rings is 1. The summed E-state index contributed by atoms with van der Waals surface area (Å²) in [4.78, 5) is 28.7. The van der Waals surface area contributed by atoms with Gasteiger partial charge in [-0.05, 0) is 37.0 Å². The normalized spacial score (nSPS) is 21.0. The predicted octanol–water partition coefficient (Wildman–Crippen LogP) is 2.91. The molecule has 0 saturated carbocycles. The SMILES string of the molecule is O=C(Cc1ccc(Cl)cc1)N1CCN(C(=O)[C@H]2CC=CCC2)CC1. The van der Waals surface area contributed by atoms with E-state index < -0.39 is 0 Å². The van der Waals surface area contributed by atoms with E-state index in [1.54, 1.807) is 12.1 Å². The third-order valence-corrected chi connectivity index (χ3v) is 5.08. The van der Waals surface area contributed by atoms with Crippen LogP contribution in [0.25, 0.3) is 0 Å². The summed E-state index contributed by atoms with van der Waals surface area (Å²) < 4.78 is 0. The summed E-state index contributed by atoms with van der Waals surface area (Å²) in [5, 5.41) is 0.677. The lowest BCUT2D eigenvalue weighted by molar-refractivity contribution is -0.142. The Labute approximate surface area is 148 Å². The van der Waals surface area contributed by atoms with E-state index in [4.69, 9.17) is 11.6 Å². The summed E-state index contributed by atoms with van der Waals surface area (Å²) in [6, 6.07) is 7.38. The Bertz CT molecular complexity index is 619. The smallest absolute Gasteiger partial charge is 0.227 e. The lowest BCUT2D eigenvalue weighted by Gasteiger charge is -2.36. The van der Waals surface area contributed by atoms with Crippen LogP contribution in [-0.2, 0) is 16.0 Å². The van der Waals surface area contributed by atoms with Gasteiger partial charge in [-0.2, -0.15) is 0 Å². The topological polar surface area (TPSA) is 40.6 Å². The average molecular weight is 347 g/mol. The molecule has 1 heterocycles. The van der Waals surface area contributed by atoms with Gasteiger partial charge in [0.25, 0.3) is 0 Å². The van der Waals surface area contributed by atoms with Crippen molar-refractivity contribution in [1.29, 1.82) is 0 Å². The van der Waals surface area contributed by atoms with Crippen LogP contribution < -0.4 is 0 Å². The van der Waals surface area contributed by atoms with Gasteiger partial charge in [0.1, 0.15) is 0 Å². The van der Waals surface area contributed by atoms with Gasteiger partial charge in [-0.3, -0.25) is 9.59 Å². The van der Waals surface area contributed by atoms with Crippen molar-refractivity contribution < 1.29 is 9.59 Å². The van der Waals surface area contributed by atoms with Gasteiger partial charge < -0.3 is 9.80 Å². The first kappa shape index (κ1) is 17.0. The van der Waals surface area contributed by atoms with Crippen molar-refractivity contribution >= 4 is 23.4 Å². The summed E-state index contributed by atoms with van der Waals surface area (Å²) in [6.45, 7) is 2.54. The van der Waals surface area contributed by atoms with Gasteiger partial charge in [-0.1, -0.05) is 35.9 Å². The monoisotopic (exact) mass is 346 g/mol. The van der Waals surface area contributed by atoms with E-state index in [0.717, 1.165) is 24.8 Å². The molecule has 2 aliphatic rings. The summed E-state index contributed by atoms with van der Waals surface area (Å²) in [6.07, 6.45) is 7.45. The van der Waals surface area contributed by atoms with E-state index in [1.165, 1.54) is 0 Å². The number of nitrogens with zero attached hydrogens (tertiary/aromatic N) is 2. The molecule has 1 atom stereocenters. The maximum atomic E-state index is 12.5. The highest BCUT2D eigenvalue weighted by atomic mass is 35.5. The average Bonchev–Trinajstić information content (AvgIpc) is 2.64. The zero-order valence-electron chi connectivity index (χ0n) is 13.8. The third-order valence-electron chi connectivity index (χ3n) is 4.83. The number of allylic oxidation sites excluding steroid dienone is 2. The summed E-state index contributed by atoms with van der Waals surface area (Å²) in [7, 11) is 0. The highest BCUT2D eigenvalue weighted by Gasteiger charge is 2.28. The minimum atomic E-state index is 0.116. The number of hydrogen-bond acceptors (Lipinski definition) is 2. The number of carbonyl (C=O) groups excluding carboxylic acids is 2. The molecule has 4 nitrogen and oxygen atoms in total. The van der Waals surface area contributed by atoms with E-state index in [9.17, 15) is 9.59 Å². The highest BCUT2D eigenvalue weighted by molar-refractivity contribution is 6.30. The zero-order chi connectivity index (χ0) is 16.9. The summed E-state index contributed by atoms with van der Waals surface area (Å²) in [5.74, 6) is 0.500. The molecule has 1 aliphatic carbocycles. The highest BCUT2D eigenvalue weighted by Crippen LogP contribution is 2.21. The molecule has 0 bridgehead atoms. The summed E-state index contributed by atoms with van der Waals surface area (Å²) in [5.41, 5.74) is 0.969. The Morgan fingerprint density at radius 3 is 2.29 bits per heavy atom. The standard InChI is InChI=1S/C19H23ClN2O2/c20-17-8-6-15(7-9-17)14-18(23)21-10-12-22(13-11-21)19(24)16-4-2-1-3-5-16/h1-2,6-9,16H,3-5,10-14H2/t16-/m0/s1. The number of amides is 2. The van der Waals surface area contributed by atoms with Crippen LogP contribution >= 0.6 is 11.6 Å². The van der Waals surface area contributed by atoms with E-state index in [1.807, 2.05) is 21.9 Å². The molecule has 0 aromatic heterocycles. The molecule has 0 N–H and O–H groups in total. The third kappa shape index (κ3) is 4.18. The quantitative estimate of drug-likeness (QED) is 0.789. The Kier molecular flexibility index (Phi) is 5.56. The molecule has 3 rings (SSSR count). The lowest BCUT2D eigenvalue weighted by atomic mass is 9.93. The van der Waals surface area contributed by atoms with Crippen LogP contribution in [0.15, 0.2) is 36.4 Å². The zero-order valence-corrected chi connectivity index (χ0v) is 14.5. The molecule has 2 amide bonds. The van der Waals surface area contributed by atoms with E-state index in [2.05, 4.69) is 12.2 Å². The minimum absolute atomic E-state index is 0.116. The Morgan fingerprint density at radius 1 is 1.00 bits per heavy atom. The summed E-state index contributed by atoms with van der Waals surface area (Å²) >= 11 is 5.87. The second-order valence-corrected chi connectivity index (χ2v) is 6.93. The van der Waals surface area contributed by atoms with Crippen molar-refractivity contribution in [2.75, 3.05) is 26.2 Å². The second-order valence-electron chi connectivity index (χ2n) is 6.49. The van der Waals surface area contributed by atoms with Gasteiger partial charge >= 0.3 is 0 Å². The molecular weight excluding hydrogens is 324 g/mol. The van der Waals surface area contributed by atoms with Gasteiger partial charge in [0.2, 0.25) is 11.8 Å². The van der Waals surface area contributed by atoms with E-state index in [0.29, 0.717) is 37.6 Å². The molecule has 1 aliphatic heterocycles. The lowest BCUT2D eigenvalue weighted by Crippen LogP contribution is -2.52. The molecule has 1 aromatic carbocycles. The molecular formula is C19H23ClN2O2. The molecule has 5 heteroatoms. The van der Waals surface area contributed by atoms with E-state index in [-0.39, 0.29) is 17.7 Å². The van der Waals surface area contributed by atoms with Crippen molar-refractivity contribution in [3.05, 3.63) is 47.0 Å². The number of hydrogen-bond donors (Lipinski definition) is 0. The Balaban J connectivity index is 1.49. The number of halogens is 1. The van der Waals surface area contributed by atoms with Crippen LogP contribution in [0.2, 0.25) is 5.02 Å². The van der Waals surface area contributed by atoms with E-state index >= 15 is 0 Å². The van der Waals surface area contributed by atoms with Crippen LogP contribution in [0, 0.1) is 5.92 Å². The van der Waals surface area contributed by atoms with Crippen LogP contribution in [-0.4, -0.2) is 47.8 Å². The Hall–Kier alpha value is -1.81. The first-order valence-electron chi connectivity index (χ1n) is 8.59. The molecule has 128 valence electrons.